The quantitative estimate of drug-likeness (QED) is 0.432. The van der Waals surface area contributed by atoms with Crippen molar-refractivity contribution >= 4 is 31.7 Å². The molecule has 6 heteroatoms. The monoisotopic (exact) mass is 455 g/mol. The first-order chi connectivity index (χ1) is 13.4. The van der Waals surface area contributed by atoms with Crippen LogP contribution in [-0.4, -0.2) is 7.05 Å². The summed E-state index contributed by atoms with van der Waals surface area (Å²) in [5, 5.41) is 4.51. The highest BCUT2D eigenvalue weighted by molar-refractivity contribution is 7.44. The van der Waals surface area contributed by atoms with Crippen molar-refractivity contribution < 1.29 is 9.05 Å². The third-order valence-corrected chi connectivity index (χ3v) is 6.49. The van der Waals surface area contributed by atoms with Crippen LogP contribution in [0.2, 0.25) is 10.0 Å². The zero-order chi connectivity index (χ0) is 21.8. The van der Waals surface area contributed by atoms with Crippen LogP contribution in [0.5, 0.6) is 0 Å². The Bertz CT molecular complexity index is 761. The SMILES string of the molecule is CNP(OCc1ccc(C(C)(C)C)cc1Cl)OCc1ccc(C(C)(C)C)cc1Cl. The second-order valence-corrected chi connectivity index (χ2v) is 11.4. The molecule has 29 heavy (non-hydrogen) atoms. The minimum absolute atomic E-state index is 0.0610. The van der Waals surface area contributed by atoms with Crippen LogP contribution >= 0.6 is 31.7 Å². The van der Waals surface area contributed by atoms with Gasteiger partial charge in [0.2, 0.25) is 0 Å². The van der Waals surface area contributed by atoms with Crippen molar-refractivity contribution in [3.63, 3.8) is 0 Å². The molecule has 0 aromatic heterocycles. The van der Waals surface area contributed by atoms with Crippen molar-refractivity contribution in [1.29, 1.82) is 0 Å². The summed E-state index contributed by atoms with van der Waals surface area (Å²) < 4.78 is 11.9. The van der Waals surface area contributed by atoms with Crippen LogP contribution in [0.3, 0.4) is 0 Å². The van der Waals surface area contributed by atoms with Crippen molar-refractivity contribution in [2.24, 2.45) is 0 Å². The lowest BCUT2D eigenvalue weighted by Crippen LogP contribution is -2.11. The molecule has 0 fully saturated rings. The van der Waals surface area contributed by atoms with Gasteiger partial charge in [-0.25, -0.2) is 0 Å². The summed E-state index contributed by atoms with van der Waals surface area (Å²) in [6.45, 7) is 13.8. The fraction of sp³-hybridized carbons (Fsp3) is 0.478. The van der Waals surface area contributed by atoms with E-state index in [-0.39, 0.29) is 10.8 Å². The summed E-state index contributed by atoms with van der Waals surface area (Å²) in [6, 6.07) is 12.3. The molecule has 0 bridgehead atoms. The predicted molar refractivity (Wildman–Crippen MR) is 126 cm³/mol. The minimum atomic E-state index is -1.26. The standard InChI is InChI=1S/C23H32Cl2NO2P/c1-22(2,3)18-10-8-16(20(24)12-18)14-27-29(26-7)28-15-17-9-11-19(13-21(17)25)23(4,5)6/h8-13,26H,14-15H2,1-7H3. The lowest BCUT2D eigenvalue weighted by molar-refractivity contribution is 0.230. The van der Waals surface area contributed by atoms with E-state index in [9.17, 15) is 0 Å². The third kappa shape index (κ3) is 7.21. The Hall–Kier alpha value is -0.670. The van der Waals surface area contributed by atoms with E-state index in [0.717, 1.165) is 11.1 Å². The second-order valence-electron chi connectivity index (χ2n) is 9.14. The summed E-state index contributed by atoms with van der Waals surface area (Å²) in [6.07, 6.45) is 0. The van der Waals surface area contributed by atoms with Crippen LogP contribution in [0.1, 0.15) is 63.8 Å². The molecule has 0 saturated carbocycles. The average molecular weight is 456 g/mol. The summed E-state index contributed by atoms with van der Waals surface area (Å²) in [7, 11) is 0.561. The Morgan fingerprint density at radius 3 is 1.41 bits per heavy atom. The molecule has 3 nitrogen and oxygen atoms in total. The molecule has 0 radical (unpaired) electrons. The largest absolute Gasteiger partial charge is 0.317 e. The lowest BCUT2D eigenvalue weighted by atomic mass is 9.87. The van der Waals surface area contributed by atoms with E-state index >= 15 is 0 Å². The van der Waals surface area contributed by atoms with Crippen molar-refractivity contribution in [3.8, 4) is 0 Å². The molecule has 0 spiro atoms. The first-order valence-electron chi connectivity index (χ1n) is 9.73. The van der Waals surface area contributed by atoms with Gasteiger partial charge in [0.15, 0.2) is 0 Å². The number of hydrogen-bond donors (Lipinski definition) is 1. The van der Waals surface area contributed by atoms with Crippen molar-refractivity contribution in [1.82, 2.24) is 5.09 Å². The molecule has 0 heterocycles. The van der Waals surface area contributed by atoms with Crippen LogP contribution in [0.25, 0.3) is 0 Å². The zero-order valence-corrected chi connectivity index (χ0v) is 20.8. The van der Waals surface area contributed by atoms with Gasteiger partial charge in [-0.1, -0.05) is 89.0 Å². The molecule has 0 atom stereocenters. The Balaban J connectivity index is 1.96. The molecule has 2 aromatic carbocycles. The lowest BCUT2D eigenvalue weighted by Gasteiger charge is -2.21. The van der Waals surface area contributed by atoms with Gasteiger partial charge >= 0.3 is 0 Å². The molecule has 0 aliphatic rings. The van der Waals surface area contributed by atoms with Crippen molar-refractivity contribution in [3.05, 3.63) is 68.7 Å². The van der Waals surface area contributed by atoms with Gasteiger partial charge in [0.1, 0.15) is 0 Å². The summed E-state index contributed by atoms with van der Waals surface area (Å²) in [5.74, 6) is 0. The molecule has 0 aliphatic carbocycles. The van der Waals surface area contributed by atoms with Crippen LogP contribution < -0.4 is 5.09 Å². The van der Waals surface area contributed by atoms with Gasteiger partial charge in [-0.2, -0.15) is 0 Å². The number of hydrogen-bond acceptors (Lipinski definition) is 3. The highest BCUT2D eigenvalue weighted by Crippen LogP contribution is 2.38. The van der Waals surface area contributed by atoms with E-state index in [4.69, 9.17) is 32.2 Å². The Labute approximate surface area is 187 Å². The summed E-state index contributed by atoms with van der Waals surface area (Å²) in [5.41, 5.74) is 4.41. The Morgan fingerprint density at radius 1 is 0.759 bits per heavy atom. The molecule has 1 N–H and O–H groups in total. The van der Waals surface area contributed by atoms with Gasteiger partial charge in [-0.15, -0.1) is 0 Å². The maximum Gasteiger partial charge on any atom is 0.256 e. The van der Waals surface area contributed by atoms with Crippen molar-refractivity contribution in [2.45, 2.75) is 65.6 Å². The summed E-state index contributed by atoms with van der Waals surface area (Å²) in [4.78, 5) is 0. The fourth-order valence-corrected chi connectivity index (χ4v) is 4.00. The minimum Gasteiger partial charge on any atom is -0.317 e. The molecular weight excluding hydrogens is 424 g/mol. The van der Waals surface area contributed by atoms with Crippen molar-refractivity contribution in [2.75, 3.05) is 7.05 Å². The molecule has 2 rings (SSSR count). The molecule has 0 saturated heterocycles. The average Bonchev–Trinajstić information content (AvgIpc) is 2.62. The molecule has 0 aliphatic heterocycles. The van der Waals surface area contributed by atoms with Gasteiger partial charge < -0.3 is 9.05 Å². The van der Waals surface area contributed by atoms with Crippen LogP contribution in [0.15, 0.2) is 36.4 Å². The Kier molecular flexibility index (Phi) is 8.56. The van der Waals surface area contributed by atoms with E-state index in [0.29, 0.717) is 23.3 Å². The highest BCUT2D eigenvalue weighted by Gasteiger charge is 2.18. The molecule has 0 amide bonds. The van der Waals surface area contributed by atoms with Crippen LogP contribution in [-0.2, 0) is 33.1 Å². The normalized spacial score (nSPS) is 12.6. The van der Waals surface area contributed by atoms with Gasteiger partial charge in [0.05, 0.1) is 13.2 Å². The molecule has 2 aromatic rings. The highest BCUT2D eigenvalue weighted by atomic mass is 35.5. The number of halogens is 2. The zero-order valence-electron chi connectivity index (χ0n) is 18.4. The first kappa shape index (κ1) is 24.6. The second kappa shape index (κ2) is 10.1. The van der Waals surface area contributed by atoms with Gasteiger partial charge in [0, 0.05) is 10.0 Å². The first-order valence-corrected chi connectivity index (χ1v) is 11.7. The number of benzene rings is 2. The smallest absolute Gasteiger partial charge is 0.256 e. The Morgan fingerprint density at radius 2 is 1.14 bits per heavy atom. The van der Waals surface area contributed by atoms with E-state index in [1.807, 2.05) is 31.3 Å². The maximum absolute atomic E-state index is 6.46. The van der Waals surface area contributed by atoms with Gasteiger partial charge in [0.25, 0.3) is 8.53 Å². The number of nitrogens with one attached hydrogen (secondary N) is 1. The van der Waals surface area contributed by atoms with Crippen LogP contribution in [0.4, 0.5) is 0 Å². The van der Waals surface area contributed by atoms with Gasteiger partial charge in [-0.3, -0.25) is 5.09 Å². The fourth-order valence-electron chi connectivity index (χ4n) is 2.68. The molecular formula is C23H32Cl2NO2P. The van der Waals surface area contributed by atoms with E-state index in [1.165, 1.54) is 11.1 Å². The van der Waals surface area contributed by atoms with E-state index in [1.54, 1.807) is 0 Å². The molecule has 160 valence electrons. The summed E-state index contributed by atoms with van der Waals surface area (Å²) >= 11 is 12.9. The number of rotatable bonds is 7. The third-order valence-electron chi connectivity index (χ3n) is 4.70. The van der Waals surface area contributed by atoms with Gasteiger partial charge in [-0.05, 0) is 52.3 Å². The topological polar surface area (TPSA) is 30.5 Å². The van der Waals surface area contributed by atoms with Crippen LogP contribution in [0, 0.1) is 0 Å². The van der Waals surface area contributed by atoms with E-state index < -0.39 is 8.53 Å². The maximum atomic E-state index is 6.46. The molecule has 0 unspecified atom stereocenters. The van der Waals surface area contributed by atoms with E-state index in [2.05, 4.69) is 58.8 Å². The predicted octanol–water partition coefficient (Wildman–Crippen LogP) is 7.77.